The summed E-state index contributed by atoms with van der Waals surface area (Å²) in [5.74, 6) is -4.75. The van der Waals surface area contributed by atoms with Crippen molar-refractivity contribution < 1.29 is 33.3 Å². The Hall–Kier alpha value is -2.74. The molecule has 136 valence electrons. The minimum Gasteiger partial charge on any atom is -0.508 e. The smallest absolute Gasteiger partial charge is 0.339 e. The minimum absolute atomic E-state index is 0.123. The number of hydrogen-bond donors (Lipinski definition) is 4. The van der Waals surface area contributed by atoms with Gasteiger partial charge in [-0.15, -0.1) is 0 Å². The van der Waals surface area contributed by atoms with Crippen molar-refractivity contribution >= 4 is 5.97 Å². The molecule has 0 radical (unpaired) electrons. The van der Waals surface area contributed by atoms with Crippen molar-refractivity contribution in [2.45, 2.75) is 25.8 Å². The van der Waals surface area contributed by atoms with Gasteiger partial charge in [0.25, 0.3) is 0 Å². The van der Waals surface area contributed by atoms with Crippen molar-refractivity contribution in [2.75, 3.05) is 0 Å². The minimum atomic E-state index is -1.27. The van der Waals surface area contributed by atoms with Gasteiger partial charge >= 0.3 is 5.97 Å². The Morgan fingerprint density at radius 1 is 1.08 bits per heavy atom. The molecule has 1 atom stereocenters. The van der Waals surface area contributed by atoms with Crippen molar-refractivity contribution in [2.24, 2.45) is 5.73 Å². The molecular formula is C17H18F3NO4. The SMILES string of the molecule is CCC(N)Cc1cc(F)c(F)cc1F.O=C(O)c1cc(O)ccc1O. The molecule has 1 unspecified atom stereocenters. The maximum absolute atomic E-state index is 13.1. The summed E-state index contributed by atoms with van der Waals surface area (Å²) in [5.41, 5.74) is 5.40. The number of nitrogens with two attached hydrogens (primary N) is 1. The van der Waals surface area contributed by atoms with Gasteiger partial charge in [0.05, 0.1) is 0 Å². The predicted molar refractivity (Wildman–Crippen MR) is 85.0 cm³/mol. The van der Waals surface area contributed by atoms with E-state index < -0.39 is 23.4 Å². The second-order valence-corrected chi connectivity index (χ2v) is 5.24. The molecule has 0 heterocycles. The Labute approximate surface area is 142 Å². The van der Waals surface area contributed by atoms with E-state index in [4.69, 9.17) is 21.1 Å². The third-order valence-corrected chi connectivity index (χ3v) is 3.31. The van der Waals surface area contributed by atoms with Crippen LogP contribution in [0.3, 0.4) is 0 Å². The molecular weight excluding hydrogens is 339 g/mol. The standard InChI is InChI=1S/C10H12F3N.C7H6O4/c1-2-7(14)3-6-4-9(12)10(13)5-8(6)11;8-4-1-2-6(9)5(3-4)7(10)11/h4-5,7H,2-3,14H2,1H3;1-3,8-9H,(H,10,11). The van der Waals surface area contributed by atoms with Gasteiger partial charge < -0.3 is 21.1 Å². The van der Waals surface area contributed by atoms with Gasteiger partial charge in [-0.25, -0.2) is 18.0 Å². The highest BCUT2D eigenvalue weighted by atomic mass is 19.2. The maximum Gasteiger partial charge on any atom is 0.339 e. The van der Waals surface area contributed by atoms with Crippen molar-refractivity contribution in [3.63, 3.8) is 0 Å². The molecule has 0 spiro atoms. The van der Waals surface area contributed by atoms with Crippen molar-refractivity contribution in [3.05, 3.63) is 58.9 Å². The Morgan fingerprint density at radius 2 is 1.68 bits per heavy atom. The molecule has 0 bridgehead atoms. The van der Waals surface area contributed by atoms with Gasteiger partial charge in [0, 0.05) is 12.1 Å². The molecule has 5 N–H and O–H groups in total. The van der Waals surface area contributed by atoms with Gasteiger partial charge in [-0.2, -0.15) is 0 Å². The Kier molecular flexibility index (Phi) is 7.25. The molecule has 0 aliphatic carbocycles. The van der Waals surface area contributed by atoms with Crippen LogP contribution in [-0.4, -0.2) is 27.3 Å². The molecule has 5 nitrogen and oxygen atoms in total. The summed E-state index contributed by atoms with van der Waals surface area (Å²) < 4.78 is 38.3. The first-order valence-electron chi connectivity index (χ1n) is 7.30. The van der Waals surface area contributed by atoms with E-state index in [9.17, 15) is 18.0 Å². The van der Waals surface area contributed by atoms with Crippen LogP contribution in [0.25, 0.3) is 0 Å². The number of rotatable bonds is 4. The summed E-state index contributed by atoms with van der Waals surface area (Å²) in [6.45, 7) is 1.85. The Balaban J connectivity index is 0.000000257. The number of carbonyl (C=O) groups is 1. The molecule has 0 amide bonds. The number of aromatic carboxylic acids is 1. The van der Waals surface area contributed by atoms with E-state index in [0.717, 1.165) is 18.2 Å². The van der Waals surface area contributed by atoms with E-state index in [1.807, 2.05) is 6.92 Å². The van der Waals surface area contributed by atoms with Crippen molar-refractivity contribution in [1.82, 2.24) is 0 Å². The average Bonchev–Trinajstić information content (AvgIpc) is 2.55. The largest absolute Gasteiger partial charge is 0.508 e. The molecule has 25 heavy (non-hydrogen) atoms. The lowest BCUT2D eigenvalue weighted by Crippen LogP contribution is -2.22. The van der Waals surface area contributed by atoms with Crippen molar-refractivity contribution in [3.8, 4) is 11.5 Å². The second-order valence-electron chi connectivity index (χ2n) is 5.24. The van der Waals surface area contributed by atoms with Gasteiger partial charge in [0.2, 0.25) is 0 Å². The summed E-state index contributed by atoms with van der Waals surface area (Å²) in [6.07, 6.45) is 0.887. The monoisotopic (exact) mass is 357 g/mol. The average molecular weight is 357 g/mol. The number of phenolic OH excluding ortho intramolecular Hbond substituents is 1. The predicted octanol–water partition coefficient (Wildman–Crippen LogP) is 3.18. The molecule has 0 saturated heterocycles. The van der Waals surface area contributed by atoms with Crippen LogP contribution in [-0.2, 0) is 6.42 Å². The lowest BCUT2D eigenvalue weighted by atomic mass is 10.0. The Morgan fingerprint density at radius 3 is 2.20 bits per heavy atom. The summed E-state index contributed by atoms with van der Waals surface area (Å²) in [4.78, 5) is 10.3. The van der Waals surface area contributed by atoms with Crippen LogP contribution in [0.2, 0.25) is 0 Å². The first-order chi connectivity index (χ1) is 11.6. The zero-order valence-electron chi connectivity index (χ0n) is 13.3. The summed E-state index contributed by atoms with van der Waals surface area (Å²) >= 11 is 0. The number of carboxylic acids is 1. The third kappa shape index (κ3) is 6.00. The van der Waals surface area contributed by atoms with Gasteiger partial charge in [0.1, 0.15) is 22.9 Å². The fourth-order valence-corrected chi connectivity index (χ4v) is 1.84. The van der Waals surface area contributed by atoms with E-state index >= 15 is 0 Å². The van der Waals surface area contributed by atoms with Gasteiger partial charge in [-0.3, -0.25) is 0 Å². The fraction of sp³-hybridized carbons (Fsp3) is 0.235. The van der Waals surface area contributed by atoms with Crippen LogP contribution in [0.1, 0.15) is 29.3 Å². The zero-order valence-corrected chi connectivity index (χ0v) is 13.3. The van der Waals surface area contributed by atoms with E-state index in [1.165, 1.54) is 6.07 Å². The molecule has 0 aliphatic heterocycles. The zero-order chi connectivity index (χ0) is 19.1. The lowest BCUT2D eigenvalue weighted by molar-refractivity contribution is 0.0693. The van der Waals surface area contributed by atoms with Crippen molar-refractivity contribution in [1.29, 1.82) is 0 Å². The first kappa shape index (κ1) is 20.3. The topological polar surface area (TPSA) is 104 Å². The number of hydrogen-bond acceptors (Lipinski definition) is 4. The van der Waals surface area contributed by atoms with Crippen LogP contribution < -0.4 is 5.73 Å². The Bertz CT molecular complexity index is 753. The lowest BCUT2D eigenvalue weighted by Gasteiger charge is -2.09. The molecule has 2 aromatic rings. The normalized spacial score (nSPS) is 11.4. The van der Waals surface area contributed by atoms with Gasteiger partial charge in [0.15, 0.2) is 11.6 Å². The van der Waals surface area contributed by atoms with Gasteiger partial charge in [-0.05, 0) is 42.7 Å². The molecule has 2 rings (SSSR count). The van der Waals surface area contributed by atoms with Crippen LogP contribution in [0.5, 0.6) is 11.5 Å². The molecule has 0 fully saturated rings. The fourth-order valence-electron chi connectivity index (χ4n) is 1.84. The van der Waals surface area contributed by atoms with E-state index in [-0.39, 0.29) is 35.1 Å². The number of phenols is 2. The summed E-state index contributed by atoms with van der Waals surface area (Å²) in [6, 6.07) is 4.50. The van der Waals surface area contributed by atoms with Crippen LogP contribution in [0.4, 0.5) is 13.2 Å². The molecule has 2 aromatic carbocycles. The number of halogens is 3. The summed E-state index contributed by atoms with van der Waals surface area (Å²) in [5, 5.41) is 26.1. The molecule has 0 aliphatic rings. The van der Waals surface area contributed by atoms with E-state index in [1.54, 1.807) is 0 Å². The second kappa shape index (κ2) is 8.93. The highest BCUT2D eigenvalue weighted by Crippen LogP contribution is 2.21. The maximum atomic E-state index is 13.1. The first-order valence-corrected chi connectivity index (χ1v) is 7.30. The quantitative estimate of drug-likeness (QED) is 0.497. The van der Waals surface area contributed by atoms with Gasteiger partial charge in [-0.1, -0.05) is 6.92 Å². The number of carboxylic acid groups (broad SMARTS) is 1. The van der Waals surface area contributed by atoms with Crippen LogP contribution in [0.15, 0.2) is 30.3 Å². The molecule has 8 heteroatoms. The highest BCUT2D eigenvalue weighted by Gasteiger charge is 2.12. The van der Waals surface area contributed by atoms with E-state index in [2.05, 4.69) is 0 Å². The molecule has 0 aromatic heterocycles. The summed E-state index contributed by atoms with van der Waals surface area (Å²) in [7, 11) is 0. The number of benzene rings is 2. The van der Waals surface area contributed by atoms with E-state index in [0.29, 0.717) is 12.5 Å². The third-order valence-electron chi connectivity index (χ3n) is 3.31. The molecule has 0 saturated carbocycles. The number of aromatic hydroxyl groups is 2. The highest BCUT2D eigenvalue weighted by molar-refractivity contribution is 5.91. The van der Waals surface area contributed by atoms with Crippen LogP contribution >= 0.6 is 0 Å². The van der Waals surface area contributed by atoms with Crippen LogP contribution in [0, 0.1) is 17.5 Å².